The van der Waals surface area contributed by atoms with Crippen molar-refractivity contribution in [3.63, 3.8) is 0 Å². The summed E-state index contributed by atoms with van der Waals surface area (Å²) in [4.78, 5) is 40.3. The molecule has 1 aromatic heterocycles. The molecule has 1 aliphatic carbocycles. The van der Waals surface area contributed by atoms with Gasteiger partial charge in [-0.05, 0) is 62.4 Å². The number of nitrogens with two attached hydrogens (primary N) is 2. The number of morpholine rings is 1. The summed E-state index contributed by atoms with van der Waals surface area (Å²) in [5, 5.41) is 6.24. The fourth-order valence-electron chi connectivity index (χ4n) is 4.71. The molecule has 41 heavy (non-hydrogen) atoms. The van der Waals surface area contributed by atoms with Crippen molar-refractivity contribution in [2.45, 2.75) is 71.9 Å². The van der Waals surface area contributed by atoms with Crippen LogP contribution in [-0.2, 0) is 19.1 Å². The quantitative estimate of drug-likeness (QED) is 0.368. The van der Waals surface area contributed by atoms with Gasteiger partial charge in [-0.15, -0.1) is 0 Å². The maximum Gasteiger partial charge on any atom is 0.234 e. The molecule has 0 spiro atoms. The van der Waals surface area contributed by atoms with E-state index in [0.29, 0.717) is 29.5 Å². The van der Waals surface area contributed by atoms with Gasteiger partial charge in [-0.3, -0.25) is 24.3 Å². The highest BCUT2D eigenvalue weighted by Gasteiger charge is 2.26. The maximum absolute atomic E-state index is 12.0. The monoisotopic (exact) mass is 588 g/mol. The molecule has 1 unspecified atom stereocenters. The maximum atomic E-state index is 12.0. The van der Waals surface area contributed by atoms with Crippen LogP contribution in [0, 0.1) is 5.92 Å². The number of hydrogen-bond donors (Lipinski definition) is 4. The van der Waals surface area contributed by atoms with Gasteiger partial charge >= 0.3 is 0 Å². The van der Waals surface area contributed by atoms with Crippen molar-refractivity contribution in [1.82, 2.24) is 15.2 Å². The van der Waals surface area contributed by atoms with Crippen molar-refractivity contribution in [3.8, 4) is 11.1 Å². The van der Waals surface area contributed by atoms with Crippen LogP contribution in [0.25, 0.3) is 11.1 Å². The second-order valence-corrected chi connectivity index (χ2v) is 10.9. The molecule has 4 rings (SSSR count). The normalized spacial score (nSPS) is 20.4. The van der Waals surface area contributed by atoms with E-state index in [0.717, 1.165) is 49.9 Å². The molecule has 3 amide bonds. The minimum atomic E-state index is -0.211. The first-order chi connectivity index (χ1) is 19.5. The van der Waals surface area contributed by atoms with Gasteiger partial charge in [0.15, 0.2) is 0 Å². The highest BCUT2D eigenvalue weighted by atomic mass is 35.5. The summed E-state index contributed by atoms with van der Waals surface area (Å²) in [6, 6.07) is 7.25. The van der Waals surface area contributed by atoms with Gasteiger partial charge in [0.1, 0.15) is 0 Å². The number of nitrogens with one attached hydrogen (secondary N) is 2. The third-order valence-corrected chi connectivity index (χ3v) is 6.85. The summed E-state index contributed by atoms with van der Waals surface area (Å²) in [6.45, 7) is 10.4. The van der Waals surface area contributed by atoms with E-state index in [1.54, 1.807) is 24.5 Å². The third kappa shape index (κ3) is 12.0. The van der Waals surface area contributed by atoms with Crippen LogP contribution in [-0.4, -0.2) is 66.0 Å². The molecule has 10 nitrogen and oxygen atoms in total. The van der Waals surface area contributed by atoms with Crippen molar-refractivity contribution >= 4 is 40.7 Å². The number of carbonyl (C=O) groups excluding carboxylic acids is 3. The van der Waals surface area contributed by atoms with E-state index in [-0.39, 0.29) is 35.8 Å². The molecule has 1 aliphatic heterocycles. The minimum absolute atomic E-state index is 0.0109. The number of anilines is 2. The number of ether oxygens (including phenoxy) is 1. The molecule has 0 bridgehead atoms. The SMILES string of the molecule is CC(=O)Nc1cc(Cl)cc(-c2ccncc2)c1N.CC1CN(CC(=O)NC2CCC(C(N)=O)CC2)CCO1.CCC. The lowest BCUT2D eigenvalue weighted by atomic mass is 9.85. The lowest BCUT2D eigenvalue weighted by Gasteiger charge is -2.32. The molecule has 1 saturated heterocycles. The molecule has 0 radical (unpaired) electrons. The Bertz CT molecular complexity index is 1130. The molecule has 1 atom stereocenters. The Morgan fingerprint density at radius 2 is 1.76 bits per heavy atom. The number of pyridine rings is 1. The molecule has 1 saturated carbocycles. The van der Waals surface area contributed by atoms with Crippen LogP contribution in [0.4, 0.5) is 11.4 Å². The number of aromatic nitrogens is 1. The molecule has 2 heterocycles. The summed E-state index contributed by atoms with van der Waals surface area (Å²) in [5.74, 6) is -0.341. The van der Waals surface area contributed by atoms with Crippen LogP contribution in [0.1, 0.15) is 59.8 Å². The minimum Gasteiger partial charge on any atom is -0.397 e. The fraction of sp³-hybridized carbons (Fsp3) is 0.533. The van der Waals surface area contributed by atoms with Gasteiger partial charge in [0.2, 0.25) is 17.7 Å². The Kier molecular flexibility index (Phi) is 14.6. The van der Waals surface area contributed by atoms with Crippen LogP contribution in [0.3, 0.4) is 0 Å². The first-order valence-corrected chi connectivity index (χ1v) is 14.6. The van der Waals surface area contributed by atoms with Gasteiger partial charge in [-0.1, -0.05) is 31.9 Å². The molecule has 1 aromatic carbocycles. The Morgan fingerprint density at radius 3 is 2.32 bits per heavy atom. The van der Waals surface area contributed by atoms with Gasteiger partial charge < -0.3 is 26.8 Å². The molecule has 226 valence electrons. The second kappa shape index (κ2) is 17.6. The number of halogens is 1. The lowest BCUT2D eigenvalue weighted by molar-refractivity contribution is -0.125. The summed E-state index contributed by atoms with van der Waals surface area (Å²) in [7, 11) is 0. The zero-order chi connectivity index (χ0) is 30.4. The van der Waals surface area contributed by atoms with Crippen LogP contribution >= 0.6 is 11.6 Å². The van der Waals surface area contributed by atoms with Crippen LogP contribution in [0.2, 0.25) is 5.02 Å². The predicted molar refractivity (Wildman–Crippen MR) is 164 cm³/mol. The number of nitrogen functional groups attached to an aromatic ring is 1. The molecular weight excluding hydrogens is 544 g/mol. The third-order valence-electron chi connectivity index (χ3n) is 6.63. The first kappa shape index (κ1) is 34.0. The van der Waals surface area contributed by atoms with Crippen molar-refractivity contribution in [2.24, 2.45) is 11.7 Å². The molecule has 2 aromatic rings. The Morgan fingerprint density at radius 1 is 1.12 bits per heavy atom. The van der Waals surface area contributed by atoms with Gasteiger partial charge in [-0.25, -0.2) is 0 Å². The Labute approximate surface area is 248 Å². The van der Waals surface area contributed by atoms with Crippen molar-refractivity contribution < 1.29 is 19.1 Å². The fourth-order valence-corrected chi connectivity index (χ4v) is 4.93. The van der Waals surface area contributed by atoms with Crippen molar-refractivity contribution in [1.29, 1.82) is 0 Å². The number of benzene rings is 1. The standard InChI is InChI=1S/C14H25N3O3.C13H12ClN3O.C3H8/c1-10-8-17(6-7-20-10)9-13(18)16-12-4-2-11(3-5-12)14(15)19;1-8(18)17-12-7-10(14)6-11(13(12)15)9-2-4-16-5-3-9;1-3-2/h10-12H,2-9H2,1H3,(H2,15,19)(H,16,18);2-7H,15H2,1H3,(H,17,18);3H2,1-2H3. The first-order valence-electron chi connectivity index (χ1n) is 14.2. The molecule has 6 N–H and O–H groups in total. The van der Waals surface area contributed by atoms with E-state index in [2.05, 4.69) is 34.4 Å². The van der Waals surface area contributed by atoms with E-state index >= 15 is 0 Å². The lowest BCUT2D eigenvalue weighted by Crippen LogP contribution is -2.48. The molecule has 2 aliphatic rings. The van der Waals surface area contributed by atoms with Gasteiger partial charge in [0.05, 0.1) is 30.6 Å². The number of hydrogen-bond acceptors (Lipinski definition) is 7. The van der Waals surface area contributed by atoms with E-state index in [1.807, 2.05) is 19.1 Å². The predicted octanol–water partition coefficient (Wildman–Crippen LogP) is 4.23. The average Bonchev–Trinajstić information content (AvgIpc) is 2.92. The smallest absolute Gasteiger partial charge is 0.234 e. The van der Waals surface area contributed by atoms with Crippen LogP contribution in [0.15, 0.2) is 36.7 Å². The zero-order valence-electron chi connectivity index (χ0n) is 24.6. The summed E-state index contributed by atoms with van der Waals surface area (Å²) >= 11 is 6.03. The zero-order valence-corrected chi connectivity index (χ0v) is 25.4. The van der Waals surface area contributed by atoms with E-state index in [1.165, 1.54) is 13.3 Å². The highest BCUT2D eigenvalue weighted by Crippen LogP contribution is 2.35. The topological polar surface area (TPSA) is 153 Å². The van der Waals surface area contributed by atoms with E-state index < -0.39 is 0 Å². The Hall–Kier alpha value is -3.21. The van der Waals surface area contributed by atoms with Gasteiger partial charge in [0.25, 0.3) is 0 Å². The number of carbonyl (C=O) groups is 3. The number of nitrogens with zero attached hydrogens (tertiary/aromatic N) is 2. The van der Waals surface area contributed by atoms with E-state index in [4.69, 9.17) is 27.8 Å². The van der Waals surface area contributed by atoms with Crippen molar-refractivity contribution in [2.75, 3.05) is 37.3 Å². The summed E-state index contributed by atoms with van der Waals surface area (Å²) < 4.78 is 5.46. The summed E-state index contributed by atoms with van der Waals surface area (Å²) in [5.41, 5.74) is 14.0. The molecular formula is C30H45ClN6O4. The summed E-state index contributed by atoms with van der Waals surface area (Å²) in [6.07, 6.45) is 8.06. The van der Waals surface area contributed by atoms with E-state index in [9.17, 15) is 14.4 Å². The number of rotatable bonds is 6. The number of amides is 3. The van der Waals surface area contributed by atoms with Gasteiger partial charge in [-0.2, -0.15) is 0 Å². The molecule has 2 fully saturated rings. The number of primary amides is 1. The Balaban J connectivity index is 0.000000263. The van der Waals surface area contributed by atoms with Crippen molar-refractivity contribution in [3.05, 3.63) is 41.7 Å². The van der Waals surface area contributed by atoms with Crippen LogP contribution < -0.4 is 22.1 Å². The van der Waals surface area contributed by atoms with Crippen LogP contribution in [0.5, 0.6) is 0 Å². The average molecular weight is 589 g/mol. The second-order valence-electron chi connectivity index (χ2n) is 10.5. The molecule has 11 heteroatoms. The highest BCUT2D eigenvalue weighted by molar-refractivity contribution is 6.31. The largest absolute Gasteiger partial charge is 0.397 e. The van der Waals surface area contributed by atoms with Gasteiger partial charge in [0, 0.05) is 55.0 Å².